The van der Waals surface area contributed by atoms with Gasteiger partial charge in [-0.25, -0.2) is 4.98 Å². The van der Waals surface area contributed by atoms with Crippen molar-refractivity contribution >= 4 is 28.5 Å². The highest BCUT2D eigenvalue weighted by molar-refractivity contribution is 14.1. The van der Waals surface area contributed by atoms with E-state index in [9.17, 15) is 9.18 Å². The second-order valence-corrected chi connectivity index (χ2v) is 3.20. The number of hydrogen-bond donors (Lipinski definition) is 1. The Morgan fingerprint density at radius 2 is 2.42 bits per heavy atom. The third kappa shape index (κ3) is 1.71. The van der Waals surface area contributed by atoms with Crippen molar-refractivity contribution in [3.8, 4) is 0 Å². The number of nitrogens with zero attached hydrogens (tertiary/aromatic N) is 1. The number of amides is 1. The summed E-state index contributed by atoms with van der Waals surface area (Å²) in [5, 5.41) is 2.34. The van der Waals surface area contributed by atoms with E-state index in [1.165, 1.54) is 13.2 Å². The van der Waals surface area contributed by atoms with Crippen LogP contribution in [-0.4, -0.2) is 17.9 Å². The molecule has 12 heavy (non-hydrogen) atoms. The van der Waals surface area contributed by atoms with E-state index in [0.29, 0.717) is 3.57 Å². The van der Waals surface area contributed by atoms with Crippen LogP contribution in [-0.2, 0) is 0 Å². The summed E-state index contributed by atoms with van der Waals surface area (Å²) in [6.45, 7) is 0. The zero-order valence-electron chi connectivity index (χ0n) is 6.27. The van der Waals surface area contributed by atoms with Crippen molar-refractivity contribution in [2.45, 2.75) is 0 Å². The average Bonchev–Trinajstić information content (AvgIpc) is 2.03. The van der Waals surface area contributed by atoms with Gasteiger partial charge in [-0.2, -0.15) is 4.39 Å². The van der Waals surface area contributed by atoms with Gasteiger partial charge in [0.15, 0.2) is 0 Å². The van der Waals surface area contributed by atoms with Crippen molar-refractivity contribution in [1.29, 1.82) is 0 Å². The number of rotatable bonds is 1. The molecule has 1 heterocycles. The predicted octanol–water partition coefficient (Wildman–Crippen LogP) is 1.18. The summed E-state index contributed by atoms with van der Waals surface area (Å²) in [7, 11) is 1.45. The summed E-state index contributed by atoms with van der Waals surface area (Å²) < 4.78 is 13.5. The van der Waals surface area contributed by atoms with Gasteiger partial charge in [0.2, 0.25) is 5.95 Å². The number of carbonyl (C=O) groups excluding carboxylic acids is 1. The molecule has 0 radical (unpaired) electrons. The molecule has 0 saturated heterocycles. The van der Waals surface area contributed by atoms with E-state index in [-0.39, 0.29) is 5.56 Å². The molecule has 0 saturated carbocycles. The van der Waals surface area contributed by atoms with E-state index in [0.717, 1.165) is 0 Å². The van der Waals surface area contributed by atoms with Crippen molar-refractivity contribution in [3.63, 3.8) is 0 Å². The Balaban J connectivity index is 3.21. The van der Waals surface area contributed by atoms with Crippen LogP contribution in [0.5, 0.6) is 0 Å². The summed E-state index contributed by atoms with van der Waals surface area (Å²) in [6.07, 6.45) is 1.32. The molecule has 64 valence electrons. The fourth-order valence-electron chi connectivity index (χ4n) is 0.742. The molecule has 0 fully saturated rings. The van der Waals surface area contributed by atoms with Gasteiger partial charge in [0.1, 0.15) is 5.56 Å². The van der Waals surface area contributed by atoms with Crippen molar-refractivity contribution in [2.75, 3.05) is 7.05 Å². The van der Waals surface area contributed by atoms with Gasteiger partial charge in [-0.3, -0.25) is 4.79 Å². The van der Waals surface area contributed by atoms with Gasteiger partial charge in [-0.15, -0.1) is 0 Å². The lowest BCUT2D eigenvalue weighted by atomic mass is 10.2. The first-order chi connectivity index (χ1) is 5.66. The number of halogens is 2. The molecule has 0 aliphatic rings. The Morgan fingerprint density at radius 1 is 1.75 bits per heavy atom. The standard InChI is InChI=1S/C7H6FIN2O/c1-10-7(12)5-4(9)2-3-11-6(5)8/h2-3H,1H3,(H,10,12). The molecule has 5 heteroatoms. The van der Waals surface area contributed by atoms with Crippen LogP contribution in [0.1, 0.15) is 10.4 Å². The van der Waals surface area contributed by atoms with Crippen LogP contribution >= 0.6 is 22.6 Å². The number of pyridine rings is 1. The smallest absolute Gasteiger partial charge is 0.256 e. The highest BCUT2D eigenvalue weighted by Gasteiger charge is 2.14. The Kier molecular flexibility index (Phi) is 2.96. The predicted molar refractivity (Wildman–Crippen MR) is 50.3 cm³/mol. The van der Waals surface area contributed by atoms with E-state index in [1.807, 2.05) is 22.6 Å². The van der Waals surface area contributed by atoms with E-state index in [1.54, 1.807) is 6.07 Å². The lowest BCUT2D eigenvalue weighted by molar-refractivity contribution is 0.0957. The second-order valence-electron chi connectivity index (χ2n) is 2.04. The molecule has 0 aliphatic carbocycles. The van der Waals surface area contributed by atoms with Gasteiger partial charge in [0.05, 0.1) is 0 Å². The molecule has 0 aromatic carbocycles. The fraction of sp³-hybridized carbons (Fsp3) is 0.143. The Hall–Kier alpha value is -0.720. The van der Waals surface area contributed by atoms with Crippen molar-refractivity contribution < 1.29 is 9.18 Å². The molecule has 0 spiro atoms. The van der Waals surface area contributed by atoms with Crippen molar-refractivity contribution in [1.82, 2.24) is 10.3 Å². The summed E-state index contributed by atoms with van der Waals surface area (Å²) in [5.74, 6) is -1.19. The quantitative estimate of drug-likeness (QED) is 0.620. The number of hydrogen-bond acceptors (Lipinski definition) is 2. The van der Waals surface area contributed by atoms with Crippen LogP contribution in [0, 0.1) is 9.52 Å². The van der Waals surface area contributed by atoms with Crippen LogP contribution < -0.4 is 5.32 Å². The van der Waals surface area contributed by atoms with Crippen LogP contribution in [0.15, 0.2) is 12.3 Å². The molecular formula is C7H6FIN2O. The minimum atomic E-state index is -0.735. The molecule has 0 bridgehead atoms. The monoisotopic (exact) mass is 280 g/mol. The molecule has 1 aromatic heterocycles. The third-order valence-electron chi connectivity index (χ3n) is 1.31. The van der Waals surface area contributed by atoms with E-state index < -0.39 is 11.9 Å². The Morgan fingerprint density at radius 3 is 2.92 bits per heavy atom. The second kappa shape index (κ2) is 3.79. The maximum absolute atomic E-state index is 12.9. The number of aromatic nitrogens is 1. The molecule has 1 rings (SSSR count). The van der Waals surface area contributed by atoms with E-state index >= 15 is 0 Å². The molecule has 0 aliphatic heterocycles. The van der Waals surface area contributed by atoms with Gasteiger partial charge in [-0.05, 0) is 28.7 Å². The highest BCUT2D eigenvalue weighted by Crippen LogP contribution is 2.12. The fourth-order valence-corrected chi connectivity index (χ4v) is 1.37. The molecule has 1 amide bonds. The topological polar surface area (TPSA) is 42.0 Å². The summed E-state index contributed by atoms with van der Waals surface area (Å²) in [6, 6.07) is 1.58. The highest BCUT2D eigenvalue weighted by atomic mass is 127. The third-order valence-corrected chi connectivity index (χ3v) is 2.21. The number of carbonyl (C=O) groups is 1. The summed E-state index contributed by atoms with van der Waals surface area (Å²) in [4.78, 5) is 14.4. The van der Waals surface area contributed by atoms with Crippen LogP contribution in [0.2, 0.25) is 0 Å². The molecular weight excluding hydrogens is 274 g/mol. The SMILES string of the molecule is CNC(=O)c1c(I)ccnc1F. The molecule has 3 nitrogen and oxygen atoms in total. The van der Waals surface area contributed by atoms with Crippen molar-refractivity contribution in [3.05, 3.63) is 27.3 Å². The molecule has 0 unspecified atom stereocenters. The summed E-state index contributed by atoms with van der Waals surface area (Å²) >= 11 is 1.88. The largest absolute Gasteiger partial charge is 0.355 e. The van der Waals surface area contributed by atoms with Crippen LogP contribution in [0.25, 0.3) is 0 Å². The molecule has 0 atom stereocenters. The molecule has 1 aromatic rings. The maximum Gasteiger partial charge on any atom is 0.256 e. The molecule has 1 N–H and O–H groups in total. The normalized spacial score (nSPS) is 9.58. The minimum Gasteiger partial charge on any atom is -0.355 e. The van der Waals surface area contributed by atoms with E-state index in [4.69, 9.17) is 0 Å². The maximum atomic E-state index is 12.9. The lowest BCUT2D eigenvalue weighted by Crippen LogP contribution is -2.21. The summed E-state index contributed by atoms with van der Waals surface area (Å²) in [5.41, 5.74) is 0.000556. The van der Waals surface area contributed by atoms with Crippen LogP contribution in [0.3, 0.4) is 0 Å². The van der Waals surface area contributed by atoms with Crippen LogP contribution in [0.4, 0.5) is 4.39 Å². The van der Waals surface area contributed by atoms with Gasteiger partial charge >= 0.3 is 0 Å². The van der Waals surface area contributed by atoms with Gasteiger partial charge in [0.25, 0.3) is 5.91 Å². The lowest BCUT2D eigenvalue weighted by Gasteiger charge is -2.02. The van der Waals surface area contributed by atoms with Gasteiger partial charge in [-0.1, -0.05) is 0 Å². The van der Waals surface area contributed by atoms with Gasteiger partial charge in [0, 0.05) is 16.8 Å². The first kappa shape index (κ1) is 9.37. The Labute approximate surface area is 82.5 Å². The van der Waals surface area contributed by atoms with E-state index in [2.05, 4.69) is 10.3 Å². The minimum absolute atomic E-state index is 0.000556. The Bertz CT molecular complexity index is 296. The first-order valence-corrected chi connectivity index (χ1v) is 4.26. The van der Waals surface area contributed by atoms with Gasteiger partial charge < -0.3 is 5.32 Å². The first-order valence-electron chi connectivity index (χ1n) is 3.19. The zero-order chi connectivity index (χ0) is 9.14. The average molecular weight is 280 g/mol. The zero-order valence-corrected chi connectivity index (χ0v) is 8.42. The van der Waals surface area contributed by atoms with Crippen molar-refractivity contribution in [2.24, 2.45) is 0 Å². The number of nitrogens with one attached hydrogen (secondary N) is 1.